The van der Waals surface area contributed by atoms with Crippen molar-refractivity contribution in [2.75, 3.05) is 20.3 Å². The van der Waals surface area contributed by atoms with Gasteiger partial charge in [0.2, 0.25) is 0 Å². The fourth-order valence-corrected chi connectivity index (χ4v) is 1.37. The van der Waals surface area contributed by atoms with Crippen LogP contribution in [-0.4, -0.2) is 20.3 Å². The first-order valence-corrected chi connectivity index (χ1v) is 5.57. The Morgan fingerprint density at radius 1 is 1.20 bits per heavy atom. The van der Waals surface area contributed by atoms with Crippen molar-refractivity contribution in [3.8, 4) is 5.75 Å². The zero-order chi connectivity index (χ0) is 10.9. The van der Waals surface area contributed by atoms with Crippen LogP contribution in [0.4, 0.5) is 0 Å². The average molecular weight is 208 g/mol. The summed E-state index contributed by atoms with van der Waals surface area (Å²) in [6.45, 7) is 3.85. The molecule has 0 atom stereocenters. The molecule has 1 aromatic carbocycles. The second-order valence-electron chi connectivity index (χ2n) is 3.57. The summed E-state index contributed by atoms with van der Waals surface area (Å²) in [7, 11) is 1.69. The van der Waals surface area contributed by atoms with Gasteiger partial charge < -0.3 is 9.47 Å². The first-order chi connectivity index (χ1) is 7.36. The van der Waals surface area contributed by atoms with E-state index in [9.17, 15) is 0 Å². The van der Waals surface area contributed by atoms with Crippen molar-refractivity contribution in [1.29, 1.82) is 0 Å². The van der Waals surface area contributed by atoms with Gasteiger partial charge in [0.25, 0.3) is 0 Å². The van der Waals surface area contributed by atoms with Crippen molar-refractivity contribution in [1.82, 2.24) is 0 Å². The molecule has 0 radical (unpaired) electrons. The van der Waals surface area contributed by atoms with Gasteiger partial charge in [-0.15, -0.1) is 0 Å². The van der Waals surface area contributed by atoms with Crippen molar-refractivity contribution in [2.45, 2.75) is 26.2 Å². The molecule has 0 aliphatic rings. The lowest BCUT2D eigenvalue weighted by Gasteiger charge is -2.05. The van der Waals surface area contributed by atoms with E-state index in [4.69, 9.17) is 9.47 Å². The minimum atomic E-state index is 0.799. The Morgan fingerprint density at radius 2 is 2.07 bits per heavy atom. The highest BCUT2D eigenvalue weighted by molar-refractivity contribution is 5.28. The molecule has 0 unspecified atom stereocenters. The molecule has 15 heavy (non-hydrogen) atoms. The maximum absolute atomic E-state index is 5.51. The summed E-state index contributed by atoms with van der Waals surface area (Å²) in [4.78, 5) is 0. The highest BCUT2D eigenvalue weighted by atomic mass is 16.5. The van der Waals surface area contributed by atoms with Gasteiger partial charge in [-0.2, -0.15) is 0 Å². The molecule has 2 heteroatoms. The molecule has 1 rings (SSSR count). The molecule has 1 aromatic rings. The molecule has 84 valence electrons. The predicted octanol–water partition coefficient (Wildman–Crippen LogP) is 3.05. The topological polar surface area (TPSA) is 18.5 Å². The first-order valence-electron chi connectivity index (χ1n) is 5.57. The largest absolute Gasteiger partial charge is 0.497 e. The van der Waals surface area contributed by atoms with Crippen molar-refractivity contribution >= 4 is 0 Å². The Morgan fingerprint density at radius 3 is 2.80 bits per heavy atom. The van der Waals surface area contributed by atoms with Crippen LogP contribution in [0.15, 0.2) is 24.3 Å². The van der Waals surface area contributed by atoms with Gasteiger partial charge in [-0.3, -0.25) is 0 Å². The van der Waals surface area contributed by atoms with Gasteiger partial charge in [0.1, 0.15) is 5.75 Å². The van der Waals surface area contributed by atoms with E-state index in [1.165, 1.54) is 12.0 Å². The van der Waals surface area contributed by atoms with Crippen LogP contribution in [0.1, 0.15) is 25.3 Å². The molecule has 0 saturated heterocycles. The molecule has 0 aliphatic carbocycles. The van der Waals surface area contributed by atoms with Crippen LogP contribution in [0.3, 0.4) is 0 Å². The van der Waals surface area contributed by atoms with Crippen molar-refractivity contribution in [3.05, 3.63) is 29.8 Å². The number of benzene rings is 1. The van der Waals surface area contributed by atoms with Gasteiger partial charge in [0.15, 0.2) is 0 Å². The Bertz CT molecular complexity index is 271. The quantitative estimate of drug-likeness (QED) is 0.641. The van der Waals surface area contributed by atoms with Gasteiger partial charge in [-0.25, -0.2) is 0 Å². The highest BCUT2D eigenvalue weighted by Crippen LogP contribution is 2.12. The lowest BCUT2D eigenvalue weighted by molar-refractivity contribution is 0.134. The number of rotatable bonds is 7. The van der Waals surface area contributed by atoms with Crippen LogP contribution in [0.2, 0.25) is 0 Å². The van der Waals surface area contributed by atoms with Crippen LogP contribution in [0, 0.1) is 0 Å². The normalized spacial score (nSPS) is 10.3. The third kappa shape index (κ3) is 4.84. The molecule has 0 heterocycles. The number of methoxy groups -OCH3 is 1. The minimum Gasteiger partial charge on any atom is -0.497 e. The third-order valence-electron chi connectivity index (χ3n) is 2.31. The molecule has 0 fully saturated rings. The number of ether oxygens (including phenoxy) is 2. The van der Waals surface area contributed by atoms with E-state index in [2.05, 4.69) is 19.1 Å². The molecule has 0 N–H and O–H groups in total. The molecule has 0 bridgehead atoms. The Labute approximate surface area is 92.2 Å². The van der Waals surface area contributed by atoms with Crippen LogP contribution in [0.5, 0.6) is 5.75 Å². The smallest absolute Gasteiger partial charge is 0.119 e. The molecule has 0 amide bonds. The molecule has 0 spiro atoms. The molecule has 0 aliphatic heterocycles. The lowest BCUT2D eigenvalue weighted by atomic mass is 10.1. The summed E-state index contributed by atoms with van der Waals surface area (Å²) >= 11 is 0. The second kappa shape index (κ2) is 7.30. The van der Waals surface area contributed by atoms with Crippen LogP contribution >= 0.6 is 0 Å². The van der Waals surface area contributed by atoms with Crippen molar-refractivity contribution < 1.29 is 9.47 Å². The van der Waals surface area contributed by atoms with Gasteiger partial charge in [-0.05, 0) is 30.5 Å². The number of unbranched alkanes of at least 4 members (excludes halogenated alkanes) is 1. The summed E-state index contributed by atoms with van der Waals surface area (Å²) < 4.78 is 10.7. The fraction of sp³-hybridized carbons (Fsp3) is 0.538. The standard InChI is InChI=1S/C13H20O2/c1-3-4-9-15-10-8-12-6-5-7-13(11-12)14-2/h5-7,11H,3-4,8-10H2,1-2H3. The molecule has 0 saturated carbocycles. The summed E-state index contributed by atoms with van der Waals surface area (Å²) in [5, 5.41) is 0. The van der Waals surface area contributed by atoms with Gasteiger partial charge in [-0.1, -0.05) is 25.5 Å². The van der Waals surface area contributed by atoms with Gasteiger partial charge in [0, 0.05) is 6.61 Å². The van der Waals surface area contributed by atoms with E-state index >= 15 is 0 Å². The SMILES string of the molecule is CCCCOCCc1cccc(OC)c1. The zero-order valence-corrected chi connectivity index (χ0v) is 9.66. The maximum atomic E-state index is 5.51. The Hall–Kier alpha value is -1.02. The van der Waals surface area contributed by atoms with Crippen LogP contribution < -0.4 is 4.74 Å². The summed E-state index contributed by atoms with van der Waals surface area (Å²) in [6.07, 6.45) is 3.30. The maximum Gasteiger partial charge on any atom is 0.119 e. The van der Waals surface area contributed by atoms with Crippen molar-refractivity contribution in [3.63, 3.8) is 0 Å². The monoisotopic (exact) mass is 208 g/mol. The zero-order valence-electron chi connectivity index (χ0n) is 9.66. The average Bonchev–Trinajstić information content (AvgIpc) is 2.29. The first kappa shape index (κ1) is 12.1. The van der Waals surface area contributed by atoms with Crippen molar-refractivity contribution in [2.24, 2.45) is 0 Å². The van der Waals surface area contributed by atoms with E-state index in [-0.39, 0.29) is 0 Å². The lowest BCUT2D eigenvalue weighted by Crippen LogP contribution is -2.00. The van der Waals surface area contributed by atoms with Gasteiger partial charge in [0.05, 0.1) is 13.7 Å². The number of hydrogen-bond donors (Lipinski definition) is 0. The summed E-state index contributed by atoms with van der Waals surface area (Å²) in [5.74, 6) is 0.918. The summed E-state index contributed by atoms with van der Waals surface area (Å²) in [5.41, 5.74) is 1.27. The molecule has 0 aromatic heterocycles. The molecular weight excluding hydrogens is 188 g/mol. The van der Waals surface area contributed by atoms with E-state index in [0.29, 0.717) is 0 Å². The fourth-order valence-electron chi connectivity index (χ4n) is 1.37. The Kier molecular flexibility index (Phi) is 5.86. The van der Waals surface area contributed by atoms with E-state index in [1.54, 1.807) is 7.11 Å². The van der Waals surface area contributed by atoms with E-state index in [0.717, 1.165) is 31.8 Å². The molecular formula is C13H20O2. The highest BCUT2D eigenvalue weighted by Gasteiger charge is 1.95. The van der Waals surface area contributed by atoms with E-state index < -0.39 is 0 Å². The van der Waals surface area contributed by atoms with Gasteiger partial charge >= 0.3 is 0 Å². The van der Waals surface area contributed by atoms with Crippen LogP contribution in [0.25, 0.3) is 0 Å². The van der Waals surface area contributed by atoms with Crippen LogP contribution in [-0.2, 0) is 11.2 Å². The Balaban J connectivity index is 2.24. The van der Waals surface area contributed by atoms with E-state index in [1.807, 2.05) is 12.1 Å². The second-order valence-corrected chi connectivity index (χ2v) is 3.57. The third-order valence-corrected chi connectivity index (χ3v) is 2.31. The molecule has 2 nitrogen and oxygen atoms in total. The predicted molar refractivity (Wildman–Crippen MR) is 62.4 cm³/mol. The number of hydrogen-bond acceptors (Lipinski definition) is 2. The summed E-state index contributed by atoms with van der Waals surface area (Å²) in [6, 6.07) is 8.14. The minimum absolute atomic E-state index is 0.799.